The molecule has 0 rings (SSSR count). The molecule has 0 radical (unpaired) electrons. The Balaban J connectivity index is 3.90. The van der Waals surface area contributed by atoms with Crippen LogP contribution in [0.5, 0.6) is 0 Å². The van der Waals surface area contributed by atoms with Crippen LogP contribution in [0, 0.1) is 0 Å². The summed E-state index contributed by atoms with van der Waals surface area (Å²) in [6, 6.07) is 0. The monoisotopic (exact) mass is 312 g/mol. The third-order valence-corrected chi connectivity index (χ3v) is 2.30. The maximum atomic E-state index is 11.9. The number of ether oxygens (including phenoxy) is 2. The molecule has 0 atom stereocenters. The van der Waals surface area contributed by atoms with Crippen molar-refractivity contribution in [2.45, 2.75) is 32.2 Å². The summed E-state index contributed by atoms with van der Waals surface area (Å²) in [5.74, 6) is -3.74. The molecule has 0 heterocycles. The lowest BCUT2D eigenvalue weighted by atomic mass is 10.2. The number of hydrogen-bond acceptors (Lipinski definition) is 4. The molecule has 0 saturated carbocycles. The SMILES string of the molecule is C=C(CCOC(C)(C)OCCNC(=O)C(F)(F)F)C(N)=O. The second-order valence-electron chi connectivity index (χ2n) is 4.57. The van der Waals surface area contributed by atoms with Gasteiger partial charge in [-0.25, -0.2) is 0 Å². The molecule has 0 aliphatic rings. The molecule has 0 unspecified atom stereocenters. The molecule has 0 aliphatic heterocycles. The van der Waals surface area contributed by atoms with Crippen molar-refractivity contribution in [3.05, 3.63) is 12.2 Å². The highest BCUT2D eigenvalue weighted by molar-refractivity contribution is 5.91. The highest BCUT2D eigenvalue weighted by atomic mass is 19.4. The van der Waals surface area contributed by atoms with Crippen LogP contribution in [-0.4, -0.2) is 43.5 Å². The lowest BCUT2D eigenvalue weighted by Gasteiger charge is -2.26. The molecule has 0 aromatic heterocycles. The third-order valence-electron chi connectivity index (χ3n) is 2.30. The van der Waals surface area contributed by atoms with E-state index in [0.717, 1.165) is 0 Å². The summed E-state index contributed by atoms with van der Waals surface area (Å²) in [4.78, 5) is 21.2. The number of carbonyl (C=O) groups is 2. The van der Waals surface area contributed by atoms with Gasteiger partial charge in [0.05, 0.1) is 13.2 Å². The summed E-state index contributed by atoms with van der Waals surface area (Å²) in [5.41, 5.74) is 5.19. The highest BCUT2D eigenvalue weighted by Gasteiger charge is 2.38. The van der Waals surface area contributed by atoms with Crippen LogP contribution in [0.3, 0.4) is 0 Å². The van der Waals surface area contributed by atoms with Gasteiger partial charge in [-0.15, -0.1) is 0 Å². The molecule has 3 N–H and O–H groups in total. The average Bonchev–Trinajstić information content (AvgIpc) is 2.32. The van der Waals surface area contributed by atoms with Crippen molar-refractivity contribution in [2.75, 3.05) is 19.8 Å². The number of nitrogens with two attached hydrogens (primary N) is 1. The van der Waals surface area contributed by atoms with Crippen LogP contribution >= 0.6 is 0 Å². The number of carbonyl (C=O) groups excluding carboxylic acids is 2. The minimum Gasteiger partial charge on any atom is -0.366 e. The fourth-order valence-electron chi connectivity index (χ4n) is 1.15. The highest BCUT2D eigenvalue weighted by Crippen LogP contribution is 2.14. The molecule has 0 aliphatic carbocycles. The number of nitrogens with one attached hydrogen (secondary N) is 1. The fraction of sp³-hybridized carbons (Fsp3) is 0.667. The first-order valence-corrected chi connectivity index (χ1v) is 6.06. The van der Waals surface area contributed by atoms with Crippen LogP contribution in [0.4, 0.5) is 13.2 Å². The Morgan fingerprint density at radius 3 is 2.19 bits per heavy atom. The normalized spacial score (nSPS) is 12.0. The average molecular weight is 312 g/mol. The van der Waals surface area contributed by atoms with E-state index in [4.69, 9.17) is 15.2 Å². The molecule has 0 aromatic carbocycles. The third kappa shape index (κ3) is 9.03. The van der Waals surface area contributed by atoms with E-state index in [9.17, 15) is 22.8 Å². The van der Waals surface area contributed by atoms with Gasteiger partial charge in [0.2, 0.25) is 5.91 Å². The smallest absolute Gasteiger partial charge is 0.366 e. The van der Waals surface area contributed by atoms with Crippen molar-refractivity contribution in [2.24, 2.45) is 5.73 Å². The standard InChI is InChI=1S/C12H19F3N2O4/c1-8(9(16)18)4-6-20-11(2,3)21-7-5-17-10(19)12(13,14)15/h1,4-7H2,2-3H3,(H2,16,18)(H,17,19). The second kappa shape index (κ2) is 7.99. The second-order valence-corrected chi connectivity index (χ2v) is 4.57. The molecular weight excluding hydrogens is 293 g/mol. The van der Waals surface area contributed by atoms with E-state index in [1.165, 1.54) is 0 Å². The zero-order chi connectivity index (χ0) is 16.7. The van der Waals surface area contributed by atoms with Crippen LogP contribution < -0.4 is 11.1 Å². The number of primary amides is 1. The number of halogens is 3. The maximum Gasteiger partial charge on any atom is 0.471 e. The van der Waals surface area contributed by atoms with Crippen LogP contribution in [0.25, 0.3) is 0 Å². The molecule has 0 spiro atoms. The first-order valence-electron chi connectivity index (χ1n) is 6.06. The Morgan fingerprint density at radius 1 is 1.19 bits per heavy atom. The predicted octanol–water partition coefficient (Wildman–Crippen LogP) is 0.866. The molecular formula is C12H19F3N2O4. The van der Waals surface area contributed by atoms with Gasteiger partial charge in [0, 0.05) is 18.5 Å². The van der Waals surface area contributed by atoms with Crippen LogP contribution in [0.2, 0.25) is 0 Å². The van der Waals surface area contributed by atoms with Crippen LogP contribution in [0.15, 0.2) is 12.2 Å². The first kappa shape index (κ1) is 19.4. The van der Waals surface area contributed by atoms with Crippen molar-refractivity contribution in [3.8, 4) is 0 Å². The van der Waals surface area contributed by atoms with E-state index in [-0.39, 0.29) is 31.8 Å². The van der Waals surface area contributed by atoms with E-state index in [1.54, 1.807) is 19.2 Å². The van der Waals surface area contributed by atoms with E-state index in [0.29, 0.717) is 0 Å². The van der Waals surface area contributed by atoms with E-state index in [1.807, 2.05) is 0 Å². The number of hydrogen-bond donors (Lipinski definition) is 2. The molecule has 6 nitrogen and oxygen atoms in total. The predicted molar refractivity (Wildman–Crippen MR) is 68.0 cm³/mol. The van der Waals surface area contributed by atoms with Gasteiger partial charge in [-0.3, -0.25) is 9.59 Å². The zero-order valence-electron chi connectivity index (χ0n) is 11.9. The van der Waals surface area contributed by atoms with Gasteiger partial charge in [-0.05, 0) is 13.8 Å². The lowest BCUT2D eigenvalue weighted by Crippen LogP contribution is -2.40. The first-order chi connectivity index (χ1) is 9.46. The maximum absolute atomic E-state index is 11.9. The quantitative estimate of drug-likeness (QED) is 0.375. The molecule has 2 amide bonds. The van der Waals surface area contributed by atoms with E-state index < -0.39 is 23.8 Å². The Labute approximate surface area is 120 Å². The van der Waals surface area contributed by atoms with Gasteiger partial charge in [0.1, 0.15) is 0 Å². The van der Waals surface area contributed by atoms with Crippen molar-refractivity contribution in [1.82, 2.24) is 5.32 Å². The van der Waals surface area contributed by atoms with E-state index in [2.05, 4.69) is 6.58 Å². The Morgan fingerprint density at radius 2 is 1.71 bits per heavy atom. The van der Waals surface area contributed by atoms with Gasteiger partial charge >= 0.3 is 12.1 Å². The summed E-state index contributed by atoms with van der Waals surface area (Å²) >= 11 is 0. The molecule has 122 valence electrons. The number of rotatable bonds is 9. The Hall–Kier alpha value is -1.61. The molecule has 21 heavy (non-hydrogen) atoms. The summed E-state index contributed by atoms with van der Waals surface area (Å²) in [6.07, 6.45) is -4.70. The topological polar surface area (TPSA) is 90.7 Å². The fourth-order valence-corrected chi connectivity index (χ4v) is 1.15. The van der Waals surface area contributed by atoms with Crippen molar-refractivity contribution < 1.29 is 32.2 Å². The van der Waals surface area contributed by atoms with Crippen molar-refractivity contribution in [3.63, 3.8) is 0 Å². The van der Waals surface area contributed by atoms with Crippen LogP contribution in [-0.2, 0) is 19.1 Å². The summed E-state index contributed by atoms with van der Waals surface area (Å²) < 4.78 is 46.2. The minimum absolute atomic E-state index is 0.115. The summed E-state index contributed by atoms with van der Waals surface area (Å²) in [6.45, 7) is 6.18. The van der Waals surface area contributed by atoms with Gasteiger partial charge in [-0.1, -0.05) is 6.58 Å². The molecule has 0 bridgehead atoms. The largest absolute Gasteiger partial charge is 0.471 e. The lowest BCUT2D eigenvalue weighted by molar-refractivity contribution is -0.212. The zero-order valence-corrected chi connectivity index (χ0v) is 11.9. The van der Waals surface area contributed by atoms with Crippen molar-refractivity contribution >= 4 is 11.8 Å². The molecule has 0 aromatic rings. The van der Waals surface area contributed by atoms with E-state index >= 15 is 0 Å². The molecule has 0 saturated heterocycles. The summed E-state index contributed by atoms with van der Waals surface area (Å²) in [7, 11) is 0. The number of alkyl halides is 3. The molecule has 9 heteroatoms. The Kier molecular flexibility index (Phi) is 7.37. The Bertz CT molecular complexity index is 394. The van der Waals surface area contributed by atoms with Crippen LogP contribution in [0.1, 0.15) is 20.3 Å². The molecule has 0 fully saturated rings. The minimum atomic E-state index is -4.92. The van der Waals surface area contributed by atoms with Gasteiger partial charge < -0.3 is 20.5 Å². The summed E-state index contributed by atoms with van der Waals surface area (Å²) in [5, 5.41) is 1.66. The number of amides is 2. The van der Waals surface area contributed by atoms with Crippen molar-refractivity contribution in [1.29, 1.82) is 0 Å². The van der Waals surface area contributed by atoms with Gasteiger partial charge in [0.25, 0.3) is 0 Å². The van der Waals surface area contributed by atoms with Gasteiger partial charge in [-0.2, -0.15) is 13.2 Å². The van der Waals surface area contributed by atoms with Gasteiger partial charge in [0.15, 0.2) is 5.79 Å².